The van der Waals surface area contributed by atoms with Crippen molar-refractivity contribution in [3.8, 4) is 5.88 Å². The zero-order valence-corrected chi connectivity index (χ0v) is 15.2. The Morgan fingerprint density at radius 2 is 1.67 bits per heavy atom. The Labute approximate surface area is 167 Å². The lowest BCUT2D eigenvalue weighted by atomic mass is 10.1. The summed E-state index contributed by atoms with van der Waals surface area (Å²) in [5, 5.41) is 2.19. The van der Waals surface area contributed by atoms with E-state index in [0.717, 1.165) is 11.8 Å². The van der Waals surface area contributed by atoms with Gasteiger partial charge in [0.15, 0.2) is 0 Å². The van der Waals surface area contributed by atoms with Gasteiger partial charge in [-0.3, -0.25) is 4.79 Å². The van der Waals surface area contributed by atoms with Crippen LogP contribution in [0.3, 0.4) is 0 Å². The van der Waals surface area contributed by atoms with Gasteiger partial charge in [0.1, 0.15) is 23.9 Å². The van der Waals surface area contributed by atoms with Crippen LogP contribution in [0.25, 0.3) is 0 Å². The van der Waals surface area contributed by atoms with E-state index < -0.39 is 41.4 Å². The molecule has 1 aromatic heterocycles. The van der Waals surface area contributed by atoms with Crippen molar-refractivity contribution in [2.75, 3.05) is 0 Å². The molecule has 5 nitrogen and oxygen atoms in total. The van der Waals surface area contributed by atoms with Gasteiger partial charge in [-0.25, -0.2) is 18.7 Å². The number of hydrogen-bond donors (Lipinski definition) is 1. The molecule has 30 heavy (non-hydrogen) atoms. The summed E-state index contributed by atoms with van der Waals surface area (Å²) in [6.07, 6.45) is -2.57. The molecule has 1 heterocycles. The third-order valence-electron chi connectivity index (χ3n) is 3.98. The van der Waals surface area contributed by atoms with Crippen molar-refractivity contribution in [1.82, 2.24) is 15.3 Å². The van der Waals surface area contributed by atoms with Crippen molar-refractivity contribution in [1.29, 1.82) is 0 Å². The number of halogens is 5. The lowest BCUT2D eigenvalue weighted by Gasteiger charge is -2.11. The molecule has 0 spiro atoms. The number of nitrogens with one attached hydrogen (secondary N) is 1. The van der Waals surface area contributed by atoms with E-state index in [1.807, 2.05) is 30.3 Å². The maximum Gasteiger partial charge on any atom is 0.416 e. The number of amides is 1. The molecule has 0 aliphatic heterocycles. The second-order valence-corrected chi connectivity index (χ2v) is 6.11. The maximum absolute atomic E-state index is 13.8. The van der Waals surface area contributed by atoms with Gasteiger partial charge in [0.05, 0.1) is 18.0 Å². The first kappa shape index (κ1) is 21.2. The van der Waals surface area contributed by atoms with Crippen LogP contribution < -0.4 is 10.1 Å². The number of nitrogens with zero attached hydrogens (tertiary/aromatic N) is 2. The topological polar surface area (TPSA) is 64.1 Å². The lowest BCUT2D eigenvalue weighted by molar-refractivity contribution is -0.138. The van der Waals surface area contributed by atoms with E-state index in [1.54, 1.807) is 0 Å². The molecular weight excluding hydrogens is 409 g/mol. The summed E-state index contributed by atoms with van der Waals surface area (Å²) < 4.78 is 70.8. The van der Waals surface area contributed by atoms with Crippen molar-refractivity contribution in [3.05, 3.63) is 88.9 Å². The summed E-state index contributed by atoms with van der Waals surface area (Å²) in [4.78, 5) is 19.9. The number of rotatable bonds is 6. The molecular formula is C20H14F5N3O2. The number of ether oxygens (including phenoxy) is 1. The molecule has 0 aliphatic rings. The predicted molar refractivity (Wildman–Crippen MR) is 95.3 cm³/mol. The van der Waals surface area contributed by atoms with Gasteiger partial charge in [-0.2, -0.15) is 13.2 Å². The van der Waals surface area contributed by atoms with Gasteiger partial charge < -0.3 is 10.1 Å². The van der Waals surface area contributed by atoms with E-state index >= 15 is 0 Å². The zero-order valence-electron chi connectivity index (χ0n) is 15.2. The minimum absolute atomic E-state index is 0.158. The fourth-order valence-corrected chi connectivity index (χ4v) is 2.43. The Hall–Kier alpha value is -3.56. The number of benzene rings is 2. The van der Waals surface area contributed by atoms with E-state index in [0.29, 0.717) is 0 Å². The summed E-state index contributed by atoms with van der Waals surface area (Å²) in [7, 11) is 0. The second kappa shape index (κ2) is 8.85. The molecule has 3 rings (SSSR count). The number of carbonyl (C=O) groups excluding carboxylic acids is 1. The normalized spacial score (nSPS) is 11.2. The van der Waals surface area contributed by atoms with Crippen LogP contribution in [0.4, 0.5) is 22.0 Å². The molecule has 3 aromatic rings. The average Bonchev–Trinajstić information content (AvgIpc) is 2.72. The monoisotopic (exact) mass is 423 g/mol. The van der Waals surface area contributed by atoms with Gasteiger partial charge in [0, 0.05) is 12.1 Å². The van der Waals surface area contributed by atoms with Crippen molar-refractivity contribution in [2.24, 2.45) is 0 Å². The van der Waals surface area contributed by atoms with Crippen LogP contribution in [0.2, 0.25) is 0 Å². The Morgan fingerprint density at radius 1 is 1.00 bits per heavy atom. The molecule has 0 saturated heterocycles. The second-order valence-electron chi connectivity index (χ2n) is 6.11. The first-order chi connectivity index (χ1) is 14.2. The summed E-state index contributed by atoms with van der Waals surface area (Å²) in [5.41, 5.74) is -1.41. The molecule has 156 valence electrons. The molecule has 0 unspecified atom stereocenters. The van der Waals surface area contributed by atoms with Crippen LogP contribution in [0.5, 0.6) is 5.88 Å². The maximum atomic E-state index is 13.8. The van der Waals surface area contributed by atoms with Gasteiger partial charge in [0.25, 0.3) is 5.91 Å². The molecule has 0 atom stereocenters. The summed E-state index contributed by atoms with van der Waals surface area (Å²) in [5.74, 6) is -3.48. The van der Waals surface area contributed by atoms with E-state index in [1.165, 1.54) is 6.20 Å². The lowest BCUT2D eigenvalue weighted by Crippen LogP contribution is -2.25. The van der Waals surface area contributed by atoms with E-state index in [-0.39, 0.29) is 30.3 Å². The third kappa shape index (κ3) is 5.28. The van der Waals surface area contributed by atoms with Gasteiger partial charge in [-0.15, -0.1) is 0 Å². The largest absolute Gasteiger partial charge is 0.472 e. The van der Waals surface area contributed by atoms with Crippen molar-refractivity contribution in [2.45, 2.75) is 19.3 Å². The molecule has 0 aliphatic carbocycles. The van der Waals surface area contributed by atoms with Crippen molar-refractivity contribution in [3.63, 3.8) is 0 Å². The van der Waals surface area contributed by atoms with E-state index in [4.69, 9.17) is 4.74 Å². The molecule has 0 saturated carbocycles. The Morgan fingerprint density at radius 3 is 2.23 bits per heavy atom. The minimum Gasteiger partial charge on any atom is -0.472 e. The molecule has 0 fully saturated rings. The van der Waals surface area contributed by atoms with E-state index in [2.05, 4.69) is 15.3 Å². The zero-order chi connectivity index (χ0) is 21.7. The number of alkyl halides is 3. The number of aromatic nitrogens is 2. The molecule has 0 bridgehead atoms. The fraction of sp³-hybridized carbons (Fsp3) is 0.150. The summed E-state index contributed by atoms with van der Waals surface area (Å²) in [6, 6.07) is 9.61. The minimum atomic E-state index is -4.89. The molecule has 10 heteroatoms. The van der Waals surface area contributed by atoms with Crippen LogP contribution in [-0.2, 0) is 19.3 Å². The van der Waals surface area contributed by atoms with Crippen LogP contribution in [0.1, 0.15) is 27.2 Å². The van der Waals surface area contributed by atoms with Gasteiger partial charge in [-0.1, -0.05) is 30.3 Å². The molecule has 2 aromatic carbocycles. The Kier molecular flexibility index (Phi) is 6.24. The number of carbonyl (C=O) groups is 1. The van der Waals surface area contributed by atoms with Crippen LogP contribution >= 0.6 is 0 Å². The quantitative estimate of drug-likeness (QED) is 0.601. The SMILES string of the molecule is O=C(NCc1c(F)cc(C(F)(F)F)cc1F)c1cnc(OCc2ccccc2)cn1. The molecule has 1 amide bonds. The molecule has 0 radical (unpaired) electrons. The van der Waals surface area contributed by atoms with Crippen LogP contribution in [-0.4, -0.2) is 15.9 Å². The summed E-state index contributed by atoms with van der Waals surface area (Å²) in [6.45, 7) is -0.421. The first-order valence-corrected chi connectivity index (χ1v) is 8.56. The van der Waals surface area contributed by atoms with E-state index in [9.17, 15) is 26.7 Å². The highest BCUT2D eigenvalue weighted by Crippen LogP contribution is 2.31. The highest BCUT2D eigenvalue weighted by molar-refractivity contribution is 5.91. The van der Waals surface area contributed by atoms with Gasteiger partial charge in [-0.05, 0) is 17.7 Å². The highest BCUT2D eigenvalue weighted by Gasteiger charge is 2.32. The third-order valence-corrected chi connectivity index (χ3v) is 3.98. The Bertz CT molecular complexity index is 1000. The first-order valence-electron chi connectivity index (χ1n) is 8.56. The average molecular weight is 423 g/mol. The number of hydrogen-bond acceptors (Lipinski definition) is 4. The standard InChI is InChI=1S/C20H14F5N3O2/c21-15-6-13(20(23,24)25)7-16(22)14(15)8-28-19(29)17-9-27-18(10-26-17)30-11-12-4-2-1-3-5-12/h1-7,9-10H,8,11H2,(H,28,29). The van der Waals surface area contributed by atoms with Crippen LogP contribution in [0.15, 0.2) is 54.9 Å². The Balaban J connectivity index is 1.60. The van der Waals surface area contributed by atoms with Crippen LogP contribution in [0, 0.1) is 11.6 Å². The molecule has 1 N–H and O–H groups in total. The van der Waals surface area contributed by atoms with Gasteiger partial charge in [0.2, 0.25) is 5.88 Å². The van der Waals surface area contributed by atoms with Crippen molar-refractivity contribution < 1.29 is 31.5 Å². The fourth-order valence-electron chi connectivity index (χ4n) is 2.43. The highest BCUT2D eigenvalue weighted by atomic mass is 19.4. The predicted octanol–water partition coefficient (Wildman–Crippen LogP) is 4.28. The van der Waals surface area contributed by atoms with Gasteiger partial charge >= 0.3 is 6.18 Å². The summed E-state index contributed by atoms with van der Waals surface area (Å²) >= 11 is 0. The smallest absolute Gasteiger partial charge is 0.416 e. The van der Waals surface area contributed by atoms with Crippen molar-refractivity contribution >= 4 is 5.91 Å².